The number of hydrogen-bond donors (Lipinski definition) is 1. The van der Waals surface area contributed by atoms with E-state index in [0.29, 0.717) is 10.3 Å². The van der Waals surface area contributed by atoms with Gasteiger partial charge in [-0.3, -0.25) is 0 Å². The molecule has 0 bridgehead atoms. The fraction of sp³-hybridized carbons (Fsp3) is 0.0588. The largest absolute Gasteiger partial charge is 0.506 e. The third-order valence-corrected chi connectivity index (χ3v) is 4.38. The monoisotopic (exact) mass is 346 g/mol. The third-order valence-electron chi connectivity index (χ3n) is 3.32. The lowest BCUT2D eigenvalue weighted by atomic mass is 10.1. The molecule has 120 valence electrons. The molecule has 0 radical (unpaired) electrons. The second-order valence-electron chi connectivity index (χ2n) is 4.90. The van der Waals surface area contributed by atoms with Crippen LogP contribution in [0.5, 0.6) is 0 Å². The Morgan fingerprint density at radius 1 is 1.12 bits per heavy atom. The van der Waals surface area contributed by atoms with Crippen LogP contribution in [0.15, 0.2) is 48.5 Å². The smallest absolute Gasteiger partial charge is 0.416 e. The predicted octanol–water partition coefficient (Wildman–Crippen LogP) is 5.26. The molecule has 0 aliphatic rings. The Morgan fingerprint density at radius 2 is 1.83 bits per heavy atom. The maximum absolute atomic E-state index is 12.8. The molecule has 3 rings (SSSR count). The van der Waals surface area contributed by atoms with Crippen LogP contribution in [0.1, 0.15) is 16.1 Å². The molecule has 0 saturated heterocycles. The Bertz CT molecular complexity index is 969. The van der Waals surface area contributed by atoms with Crippen LogP contribution in [0.4, 0.5) is 13.2 Å². The Hall–Kier alpha value is -2.85. The zero-order chi connectivity index (χ0) is 17.3. The van der Waals surface area contributed by atoms with Gasteiger partial charge in [0.15, 0.2) is 0 Å². The second kappa shape index (κ2) is 5.98. The van der Waals surface area contributed by atoms with Gasteiger partial charge in [0.05, 0.1) is 15.8 Å². The molecule has 2 aromatic carbocycles. The van der Waals surface area contributed by atoms with Gasteiger partial charge in [0, 0.05) is 5.56 Å². The maximum Gasteiger partial charge on any atom is 0.416 e. The maximum atomic E-state index is 12.8. The molecule has 0 amide bonds. The molecule has 0 saturated carbocycles. The summed E-state index contributed by atoms with van der Waals surface area (Å²) in [6.45, 7) is 0. The summed E-state index contributed by atoms with van der Waals surface area (Å²) >= 11 is 1.05. The quantitative estimate of drug-likeness (QED) is 0.508. The van der Waals surface area contributed by atoms with Crippen molar-refractivity contribution >= 4 is 32.9 Å². The average Bonchev–Trinajstić information content (AvgIpc) is 2.98. The lowest BCUT2D eigenvalue weighted by molar-refractivity contribution is -0.137. The van der Waals surface area contributed by atoms with E-state index in [1.807, 2.05) is 6.07 Å². The van der Waals surface area contributed by atoms with Gasteiger partial charge >= 0.3 is 6.18 Å². The summed E-state index contributed by atoms with van der Waals surface area (Å²) in [5.74, 6) is -0.256. The minimum absolute atomic E-state index is 0.0732. The first kappa shape index (κ1) is 16.0. The van der Waals surface area contributed by atoms with E-state index in [2.05, 4.69) is 4.98 Å². The van der Waals surface area contributed by atoms with Crippen LogP contribution in [-0.2, 0) is 6.18 Å². The van der Waals surface area contributed by atoms with Crippen molar-refractivity contribution in [3.8, 4) is 6.07 Å². The highest BCUT2D eigenvalue weighted by atomic mass is 32.1. The van der Waals surface area contributed by atoms with Crippen molar-refractivity contribution < 1.29 is 18.3 Å². The molecule has 3 nitrogen and oxygen atoms in total. The number of benzene rings is 2. The number of fused-ring (bicyclic) bond motifs is 1. The van der Waals surface area contributed by atoms with Crippen LogP contribution in [0.25, 0.3) is 21.5 Å². The number of nitriles is 1. The van der Waals surface area contributed by atoms with Gasteiger partial charge in [-0.1, -0.05) is 30.3 Å². The van der Waals surface area contributed by atoms with Crippen molar-refractivity contribution in [3.63, 3.8) is 0 Å². The standard InChI is InChI=1S/C17H9F3N2OS/c18-17(19,20)11-6-7-14-13(8-11)22-16(24-14)12(9-21)15(23)10-4-2-1-3-5-10/h1-8,23H/b15-12-. The normalized spacial score (nSPS) is 12.8. The van der Waals surface area contributed by atoms with Gasteiger partial charge in [-0.15, -0.1) is 11.3 Å². The first-order valence-corrected chi connectivity index (χ1v) is 7.58. The SMILES string of the molecule is N#C/C(=C(/O)c1ccccc1)c1nc2cc(C(F)(F)F)ccc2s1. The van der Waals surface area contributed by atoms with E-state index in [1.54, 1.807) is 30.3 Å². The van der Waals surface area contributed by atoms with Crippen molar-refractivity contribution in [3.05, 3.63) is 64.7 Å². The lowest BCUT2D eigenvalue weighted by Gasteiger charge is -2.04. The first-order valence-electron chi connectivity index (χ1n) is 6.77. The minimum Gasteiger partial charge on any atom is -0.506 e. The number of allylic oxidation sites excluding steroid dienone is 1. The molecule has 0 atom stereocenters. The zero-order valence-electron chi connectivity index (χ0n) is 12.0. The van der Waals surface area contributed by atoms with E-state index in [9.17, 15) is 23.5 Å². The number of aromatic nitrogens is 1. The molecule has 0 aliphatic heterocycles. The molecule has 0 spiro atoms. The van der Waals surface area contributed by atoms with Gasteiger partial charge in [-0.05, 0) is 18.2 Å². The molecular formula is C17H9F3N2OS. The number of nitrogens with zero attached hydrogens (tertiary/aromatic N) is 2. The van der Waals surface area contributed by atoms with E-state index < -0.39 is 11.7 Å². The summed E-state index contributed by atoms with van der Waals surface area (Å²) in [6, 6.07) is 13.5. The van der Waals surface area contributed by atoms with Gasteiger partial charge in [-0.2, -0.15) is 18.4 Å². The Balaban J connectivity index is 2.13. The van der Waals surface area contributed by atoms with Crippen molar-refractivity contribution in [1.82, 2.24) is 4.98 Å². The molecule has 1 aromatic heterocycles. The van der Waals surface area contributed by atoms with Crippen molar-refractivity contribution in [2.45, 2.75) is 6.18 Å². The predicted molar refractivity (Wildman–Crippen MR) is 86.1 cm³/mol. The highest BCUT2D eigenvalue weighted by Crippen LogP contribution is 2.35. The molecule has 1 N–H and O–H groups in total. The number of alkyl halides is 3. The number of aliphatic hydroxyl groups is 1. The highest BCUT2D eigenvalue weighted by Gasteiger charge is 2.31. The summed E-state index contributed by atoms with van der Waals surface area (Å²) in [6.07, 6.45) is -4.46. The van der Waals surface area contributed by atoms with Gasteiger partial charge in [-0.25, -0.2) is 4.98 Å². The number of thiazole rings is 1. The Morgan fingerprint density at radius 3 is 2.46 bits per heavy atom. The minimum atomic E-state index is -4.46. The van der Waals surface area contributed by atoms with E-state index in [1.165, 1.54) is 6.07 Å². The summed E-state index contributed by atoms with van der Waals surface area (Å²) in [7, 11) is 0. The molecule has 3 aromatic rings. The van der Waals surface area contributed by atoms with Crippen LogP contribution >= 0.6 is 11.3 Å². The zero-order valence-corrected chi connectivity index (χ0v) is 12.8. The van der Waals surface area contributed by atoms with Gasteiger partial charge in [0.1, 0.15) is 22.4 Å². The second-order valence-corrected chi connectivity index (χ2v) is 5.93. The first-order chi connectivity index (χ1) is 11.4. The van der Waals surface area contributed by atoms with Crippen LogP contribution in [0, 0.1) is 11.3 Å². The van der Waals surface area contributed by atoms with Crippen molar-refractivity contribution in [1.29, 1.82) is 5.26 Å². The molecule has 0 unspecified atom stereocenters. The highest BCUT2D eigenvalue weighted by molar-refractivity contribution is 7.19. The lowest BCUT2D eigenvalue weighted by Crippen LogP contribution is -2.03. The fourth-order valence-electron chi connectivity index (χ4n) is 2.15. The summed E-state index contributed by atoms with van der Waals surface area (Å²) < 4.78 is 38.8. The molecule has 0 fully saturated rings. The third kappa shape index (κ3) is 2.96. The molecule has 0 aliphatic carbocycles. The van der Waals surface area contributed by atoms with E-state index in [4.69, 9.17) is 0 Å². The average molecular weight is 346 g/mol. The van der Waals surface area contributed by atoms with Crippen molar-refractivity contribution in [2.75, 3.05) is 0 Å². The Kier molecular flexibility index (Phi) is 3.99. The van der Waals surface area contributed by atoms with E-state index in [0.717, 1.165) is 23.5 Å². The van der Waals surface area contributed by atoms with Crippen LogP contribution in [0.2, 0.25) is 0 Å². The molecule has 1 heterocycles. The number of aliphatic hydroxyl groups excluding tert-OH is 1. The summed E-state index contributed by atoms with van der Waals surface area (Å²) in [5.41, 5.74) is -0.305. The molecule has 7 heteroatoms. The number of rotatable bonds is 2. The summed E-state index contributed by atoms with van der Waals surface area (Å²) in [5, 5.41) is 19.8. The Labute approximate surface area is 138 Å². The van der Waals surface area contributed by atoms with Crippen molar-refractivity contribution in [2.24, 2.45) is 0 Å². The molecule has 24 heavy (non-hydrogen) atoms. The topological polar surface area (TPSA) is 56.9 Å². The van der Waals surface area contributed by atoms with E-state index in [-0.39, 0.29) is 21.9 Å². The summed E-state index contributed by atoms with van der Waals surface area (Å²) in [4.78, 5) is 4.08. The van der Waals surface area contributed by atoms with Gasteiger partial charge in [0.2, 0.25) is 0 Å². The van der Waals surface area contributed by atoms with Crippen LogP contribution < -0.4 is 0 Å². The van der Waals surface area contributed by atoms with Crippen LogP contribution in [0.3, 0.4) is 0 Å². The van der Waals surface area contributed by atoms with Crippen LogP contribution in [-0.4, -0.2) is 10.1 Å². The van der Waals surface area contributed by atoms with Gasteiger partial charge in [0.25, 0.3) is 0 Å². The van der Waals surface area contributed by atoms with E-state index >= 15 is 0 Å². The van der Waals surface area contributed by atoms with Gasteiger partial charge < -0.3 is 5.11 Å². The molecular weight excluding hydrogens is 337 g/mol. The fourth-order valence-corrected chi connectivity index (χ4v) is 3.10. The number of hydrogen-bond acceptors (Lipinski definition) is 4. The number of halogens is 3.